The summed E-state index contributed by atoms with van der Waals surface area (Å²) >= 11 is 0. The molecule has 2 rings (SSSR count). The molecule has 0 unspecified atom stereocenters. The number of nitrogens with two attached hydrogens (primary N) is 2. The predicted molar refractivity (Wildman–Crippen MR) is 48.0 cm³/mol. The van der Waals surface area contributed by atoms with E-state index >= 15 is 0 Å². The van der Waals surface area contributed by atoms with E-state index in [0.29, 0.717) is 17.3 Å². The van der Waals surface area contributed by atoms with Crippen LogP contribution in [0.15, 0.2) is 24.8 Å². The number of hydrogen-bond donors (Lipinski definition) is 2. The van der Waals surface area contributed by atoms with Crippen molar-refractivity contribution < 1.29 is 0 Å². The number of rotatable bonds is 1. The smallest absolute Gasteiger partial charge is 0.155 e. The predicted octanol–water partition coefficient (Wildman–Crippen LogP) is -0.173. The third-order valence-electron chi connectivity index (χ3n) is 1.61. The third kappa shape index (κ3) is 1.18. The van der Waals surface area contributed by atoms with E-state index in [2.05, 4.69) is 15.1 Å². The fraction of sp³-hybridized carbons (Fsp3) is 0. The van der Waals surface area contributed by atoms with E-state index in [9.17, 15) is 0 Å². The molecule has 0 aromatic carbocycles. The Morgan fingerprint density at radius 2 is 1.85 bits per heavy atom. The molecule has 4 N–H and O–H groups in total. The Balaban J connectivity index is 2.64. The van der Waals surface area contributed by atoms with Gasteiger partial charge in [0.15, 0.2) is 11.6 Å². The second kappa shape index (κ2) is 2.74. The molecule has 6 nitrogen and oxygen atoms in total. The van der Waals surface area contributed by atoms with Crippen molar-refractivity contribution >= 4 is 11.6 Å². The molecular weight excluding hydrogens is 168 g/mol. The summed E-state index contributed by atoms with van der Waals surface area (Å²) in [5.74, 6) is 0.632. The molecule has 0 saturated heterocycles. The van der Waals surface area contributed by atoms with Gasteiger partial charge in [-0.05, 0) is 6.07 Å². The summed E-state index contributed by atoms with van der Waals surface area (Å²) in [6.45, 7) is 0. The Hall–Kier alpha value is -2.11. The van der Waals surface area contributed by atoms with Crippen LogP contribution in [0.5, 0.6) is 0 Å². The van der Waals surface area contributed by atoms with Crippen molar-refractivity contribution in [2.45, 2.75) is 0 Å². The Kier molecular flexibility index (Phi) is 1.59. The average Bonchev–Trinajstić information content (AvgIpc) is 2.57. The standard InChI is InChI=1S/C7H8N6/c8-6-5(7(9)11-4-10-6)13-3-1-2-12-13/h1-4H,(H4,8,9,10,11). The van der Waals surface area contributed by atoms with Gasteiger partial charge in [-0.3, -0.25) is 0 Å². The molecule has 2 aromatic heterocycles. The summed E-state index contributed by atoms with van der Waals surface area (Å²) in [5, 5.41) is 3.98. The van der Waals surface area contributed by atoms with E-state index in [4.69, 9.17) is 11.5 Å². The van der Waals surface area contributed by atoms with Crippen LogP contribution in [0.1, 0.15) is 0 Å². The van der Waals surface area contributed by atoms with Gasteiger partial charge in [0.1, 0.15) is 12.0 Å². The zero-order chi connectivity index (χ0) is 9.26. The number of aromatic nitrogens is 4. The van der Waals surface area contributed by atoms with Gasteiger partial charge in [0, 0.05) is 12.4 Å². The van der Waals surface area contributed by atoms with Crippen LogP contribution in [0.3, 0.4) is 0 Å². The van der Waals surface area contributed by atoms with Crippen molar-refractivity contribution in [3.8, 4) is 5.69 Å². The Bertz CT molecular complexity index is 387. The van der Waals surface area contributed by atoms with Crippen LogP contribution < -0.4 is 11.5 Å². The van der Waals surface area contributed by atoms with E-state index < -0.39 is 0 Å². The van der Waals surface area contributed by atoms with Crippen molar-refractivity contribution in [3.63, 3.8) is 0 Å². The minimum atomic E-state index is 0.316. The highest BCUT2D eigenvalue weighted by Gasteiger charge is 2.07. The summed E-state index contributed by atoms with van der Waals surface area (Å²) < 4.78 is 1.53. The lowest BCUT2D eigenvalue weighted by molar-refractivity contribution is 0.872. The maximum Gasteiger partial charge on any atom is 0.155 e. The van der Waals surface area contributed by atoms with Crippen LogP contribution in [0.25, 0.3) is 5.69 Å². The molecule has 0 aliphatic rings. The molecule has 0 aliphatic heterocycles. The lowest BCUT2D eigenvalue weighted by Crippen LogP contribution is -2.07. The normalized spacial score (nSPS) is 10.2. The van der Waals surface area contributed by atoms with E-state index in [1.807, 2.05) is 0 Å². The van der Waals surface area contributed by atoms with Gasteiger partial charge in [0.25, 0.3) is 0 Å². The topological polar surface area (TPSA) is 95.6 Å². The number of anilines is 2. The molecule has 0 bridgehead atoms. The zero-order valence-corrected chi connectivity index (χ0v) is 6.75. The molecule has 0 aliphatic carbocycles. The average molecular weight is 176 g/mol. The third-order valence-corrected chi connectivity index (χ3v) is 1.61. The molecule has 6 heteroatoms. The highest BCUT2D eigenvalue weighted by atomic mass is 15.3. The van der Waals surface area contributed by atoms with Crippen molar-refractivity contribution in [2.24, 2.45) is 0 Å². The molecule has 2 aromatic rings. The Morgan fingerprint density at radius 1 is 1.15 bits per heavy atom. The highest BCUT2D eigenvalue weighted by molar-refractivity contribution is 5.63. The molecule has 0 saturated carbocycles. The van der Waals surface area contributed by atoms with Crippen molar-refractivity contribution in [3.05, 3.63) is 24.8 Å². The van der Waals surface area contributed by atoms with Gasteiger partial charge in [0.05, 0.1) is 0 Å². The van der Waals surface area contributed by atoms with Gasteiger partial charge in [0.2, 0.25) is 0 Å². The van der Waals surface area contributed by atoms with Gasteiger partial charge in [-0.2, -0.15) is 5.10 Å². The van der Waals surface area contributed by atoms with Crippen molar-refractivity contribution in [2.75, 3.05) is 11.5 Å². The minimum absolute atomic E-state index is 0.316. The minimum Gasteiger partial charge on any atom is -0.382 e. The van der Waals surface area contributed by atoms with Crippen LogP contribution in [0.2, 0.25) is 0 Å². The molecule has 13 heavy (non-hydrogen) atoms. The lowest BCUT2D eigenvalue weighted by Gasteiger charge is -2.05. The van der Waals surface area contributed by atoms with Crippen LogP contribution >= 0.6 is 0 Å². The fourth-order valence-corrected chi connectivity index (χ4v) is 1.04. The second-order valence-corrected chi connectivity index (χ2v) is 2.44. The lowest BCUT2D eigenvalue weighted by atomic mass is 10.4. The molecule has 2 heterocycles. The van der Waals surface area contributed by atoms with Crippen LogP contribution in [-0.2, 0) is 0 Å². The first-order chi connectivity index (χ1) is 6.29. The number of nitrogen functional groups attached to an aromatic ring is 2. The second-order valence-electron chi connectivity index (χ2n) is 2.44. The van der Waals surface area contributed by atoms with Gasteiger partial charge < -0.3 is 11.5 Å². The molecular formula is C7H8N6. The fourth-order valence-electron chi connectivity index (χ4n) is 1.04. The van der Waals surface area contributed by atoms with E-state index in [1.165, 1.54) is 11.0 Å². The van der Waals surface area contributed by atoms with Gasteiger partial charge >= 0.3 is 0 Å². The van der Waals surface area contributed by atoms with E-state index in [0.717, 1.165) is 0 Å². The molecule has 0 amide bonds. The Morgan fingerprint density at radius 3 is 2.38 bits per heavy atom. The summed E-state index contributed by atoms with van der Waals surface area (Å²) in [4.78, 5) is 7.64. The van der Waals surface area contributed by atoms with Gasteiger partial charge in [-0.15, -0.1) is 0 Å². The van der Waals surface area contributed by atoms with Crippen LogP contribution in [0, 0.1) is 0 Å². The monoisotopic (exact) mass is 176 g/mol. The number of nitrogens with zero attached hydrogens (tertiary/aromatic N) is 4. The first-order valence-corrected chi connectivity index (χ1v) is 3.65. The molecule has 0 atom stereocenters. The first kappa shape index (κ1) is 7.53. The summed E-state index contributed by atoms with van der Waals surface area (Å²) in [6.07, 6.45) is 4.68. The van der Waals surface area contributed by atoms with Gasteiger partial charge in [-0.1, -0.05) is 0 Å². The highest BCUT2D eigenvalue weighted by Crippen LogP contribution is 2.17. The molecule has 66 valence electrons. The number of hydrogen-bond acceptors (Lipinski definition) is 5. The Labute approximate surface area is 74.2 Å². The van der Waals surface area contributed by atoms with Crippen LogP contribution in [-0.4, -0.2) is 19.7 Å². The largest absolute Gasteiger partial charge is 0.382 e. The molecule has 0 fully saturated rings. The summed E-state index contributed by atoms with van der Waals surface area (Å²) in [6, 6.07) is 1.77. The SMILES string of the molecule is Nc1ncnc(N)c1-n1cccn1. The molecule has 0 radical (unpaired) electrons. The molecule has 0 spiro atoms. The zero-order valence-electron chi connectivity index (χ0n) is 6.75. The van der Waals surface area contributed by atoms with Crippen molar-refractivity contribution in [1.29, 1.82) is 0 Å². The van der Waals surface area contributed by atoms with E-state index in [-0.39, 0.29) is 0 Å². The van der Waals surface area contributed by atoms with Gasteiger partial charge in [-0.25, -0.2) is 14.6 Å². The quantitative estimate of drug-likeness (QED) is 0.628. The van der Waals surface area contributed by atoms with Crippen LogP contribution in [0.4, 0.5) is 11.6 Å². The maximum absolute atomic E-state index is 5.62. The first-order valence-electron chi connectivity index (χ1n) is 3.65. The van der Waals surface area contributed by atoms with Crippen molar-refractivity contribution in [1.82, 2.24) is 19.7 Å². The van der Waals surface area contributed by atoms with E-state index in [1.54, 1.807) is 18.5 Å². The summed E-state index contributed by atoms with van der Waals surface area (Å²) in [5.41, 5.74) is 11.8. The summed E-state index contributed by atoms with van der Waals surface area (Å²) in [7, 11) is 0. The maximum atomic E-state index is 5.62.